The van der Waals surface area contributed by atoms with Gasteiger partial charge in [-0.15, -0.1) is 0 Å². The Hall–Kier alpha value is 0.270. The Bertz CT molecular complexity index is 149. The third-order valence-electron chi connectivity index (χ3n) is 3.20. The monoisotopic (exact) mass is 231 g/mol. The van der Waals surface area contributed by atoms with E-state index in [1.807, 2.05) is 11.8 Å². The predicted octanol–water partition coefficient (Wildman–Crippen LogP) is 2.62. The van der Waals surface area contributed by atoms with Crippen molar-refractivity contribution in [1.29, 1.82) is 0 Å². The van der Waals surface area contributed by atoms with Gasteiger partial charge in [0.25, 0.3) is 0 Å². The highest BCUT2D eigenvalue weighted by Crippen LogP contribution is 2.39. The summed E-state index contributed by atoms with van der Waals surface area (Å²) in [6.45, 7) is 12.2. The van der Waals surface area contributed by atoms with Crippen LogP contribution in [-0.2, 0) is 4.74 Å². The lowest BCUT2D eigenvalue weighted by Crippen LogP contribution is -1.84. The van der Waals surface area contributed by atoms with E-state index in [0.717, 1.165) is 16.5 Å². The van der Waals surface area contributed by atoms with Crippen molar-refractivity contribution in [3.63, 3.8) is 0 Å². The van der Waals surface area contributed by atoms with E-state index in [9.17, 15) is 0 Å². The van der Waals surface area contributed by atoms with E-state index in [2.05, 4.69) is 46.6 Å². The molecular formula is C12H25NOS. The molecule has 0 bridgehead atoms. The van der Waals surface area contributed by atoms with Gasteiger partial charge < -0.3 is 9.64 Å². The number of hydrogen-bond donors (Lipinski definition) is 0. The highest BCUT2D eigenvalue weighted by Gasteiger charge is 2.28. The first-order valence-electron chi connectivity index (χ1n) is 5.93. The number of thioether (sulfide) groups is 1. The van der Waals surface area contributed by atoms with Crippen LogP contribution in [0.4, 0.5) is 0 Å². The van der Waals surface area contributed by atoms with Crippen LogP contribution in [0, 0.1) is 0 Å². The zero-order valence-electron chi connectivity index (χ0n) is 10.9. The van der Waals surface area contributed by atoms with Crippen molar-refractivity contribution in [1.82, 2.24) is 4.90 Å². The van der Waals surface area contributed by atoms with Crippen molar-refractivity contribution in [2.45, 2.75) is 63.4 Å². The molecule has 3 aliphatic rings. The molecule has 90 valence electrons. The third kappa shape index (κ3) is 6.44. The van der Waals surface area contributed by atoms with Gasteiger partial charge in [-0.1, -0.05) is 13.8 Å². The van der Waals surface area contributed by atoms with Gasteiger partial charge in [0.05, 0.1) is 12.2 Å². The summed E-state index contributed by atoms with van der Waals surface area (Å²) in [5.74, 6) is 0. The molecule has 6 atom stereocenters. The van der Waals surface area contributed by atoms with E-state index in [1.165, 1.54) is 6.54 Å². The van der Waals surface area contributed by atoms with E-state index in [4.69, 9.17) is 4.74 Å². The molecule has 3 fully saturated rings. The van der Waals surface area contributed by atoms with Gasteiger partial charge in [0, 0.05) is 23.1 Å². The van der Waals surface area contributed by atoms with Crippen molar-refractivity contribution >= 4 is 11.8 Å². The number of nitrogens with zero attached hydrogens (tertiary/aromatic N) is 1. The van der Waals surface area contributed by atoms with Gasteiger partial charge in [0.2, 0.25) is 0 Å². The fourth-order valence-corrected chi connectivity index (χ4v) is 1.54. The van der Waals surface area contributed by atoms with Gasteiger partial charge in [0.1, 0.15) is 0 Å². The maximum Gasteiger partial charge on any atom is 0.0811 e. The summed E-state index contributed by atoms with van der Waals surface area (Å²) in [6.07, 6.45) is 1.10. The second-order valence-electron chi connectivity index (χ2n) is 4.88. The van der Waals surface area contributed by atoms with E-state index in [-0.39, 0.29) is 0 Å². The Morgan fingerprint density at radius 1 is 1.00 bits per heavy atom. The largest absolute Gasteiger partial charge is 0.370 e. The van der Waals surface area contributed by atoms with E-state index in [0.29, 0.717) is 12.2 Å². The second kappa shape index (κ2) is 5.55. The molecule has 2 nitrogen and oxygen atoms in total. The zero-order chi connectivity index (χ0) is 11.6. The normalized spacial score (nSPS) is 49.2. The second-order valence-corrected chi connectivity index (χ2v) is 6.64. The maximum absolute atomic E-state index is 4.92. The molecule has 3 aliphatic heterocycles. The molecular weight excluding hydrogens is 206 g/mol. The summed E-state index contributed by atoms with van der Waals surface area (Å²) in [5.41, 5.74) is 0. The molecule has 3 heterocycles. The molecule has 0 N–H and O–H groups in total. The molecule has 0 spiro atoms. The smallest absolute Gasteiger partial charge is 0.0811 e. The summed E-state index contributed by atoms with van der Waals surface area (Å²) in [4.78, 5) is 2.29. The van der Waals surface area contributed by atoms with Crippen LogP contribution in [0.1, 0.15) is 34.6 Å². The number of epoxide rings is 1. The fourth-order valence-electron chi connectivity index (χ4n) is 0.956. The van der Waals surface area contributed by atoms with Crippen molar-refractivity contribution in [3.05, 3.63) is 0 Å². The molecule has 0 aromatic rings. The Morgan fingerprint density at radius 2 is 1.20 bits per heavy atom. The first kappa shape index (κ1) is 13.3. The molecule has 0 aromatic carbocycles. The maximum atomic E-state index is 4.92. The highest BCUT2D eigenvalue weighted by atomic mass is 32.2. The summed E-state index contributed by atoms with van der Waals surface area (Å²) in [5, 5.41) is 1.94. The van der Waals surface area contributed by atoms with Crippen LogP contribution in [0.3, 0.4) is 0 Å². The average molecular weight is 231 g/mol. The number of ether oxygens (including phenoxy) is 1. The Balaban J connectivity index is 0.000000112. The van der Waals surface area contributed by atoms with Crippen molar-refractivity contribution in [2.24, 2.45) is 0 Å². The molecule has 0 aromatic heterocycles. The Morgan fingerprint density at radius 3 is 1.20 bits per heavy atom. The summed E-state index contributed by atoms with van der Waals surface area (Å²) in [6, 6.07) is 0.884. The summed E-state index contributed by atoms with van der Waals surface area (Å²) < 4.78 is 4.92. The first-order chi connectivity index (χ1) is 6.91. The van der Waals surface area contributed by atoms with Crippen LogP contribution >= 0.6 is 11.8 Å². The van der Waals surface area contributed by atoms with Gasteiger partial charge in [-0.2, -0.15) is 11.8 Å². The van der Waals surface area contributed by atoms with Gasteiger partial charge >= 0.3 is 0 Å². The highest BCUT2D eigenvalue weighted by molar-refractivity contribution is 8.07. The number of rotatable bonds is 0. The zero-order valence-corrected chi connectivity index (χ0v) is 11.7. The minimum atomic E-state index is 0.551. The molecule has 0 aliphatic carbocycles. The van der Waals surface area contributed by atoms with Gasteiger partial charge in [-0.05, 0) is 27.8 Å². The van der Waals surface area contributed by atoms with Crippen LogP contribution in [0.15, 0.2) is 0 Å². The van der Waals surface area contributed by atoms with Crippen LogP contribution < -0.4 is 0 Å². The number of hydrogen-bond acceptors (Lipinski definition) is 3. The van der Waals surface area contributed by atoms with Crippen LogP contribution in [0.2, 0.25) is 0 Å². The van der Waals surface area contributed by atoms with Crippen molar-refractivity contribution < 1.29 is 4.74 Å². The summed E-state index contributed by atoms with van der Waals surface area (Å²) in [7, 11) is 2.13. The molecule has 0 amide bonds. The molecule has 3 saturated heterocycles. The first-order valence-corrected chi connectivity index (χ1v) is 6.87. The minimum Gasteiger partial charge on any atom is -0.370 e. The lowest BCUT2D eigenvalue weighted by atomic mass is 10.4. The Kier molecular flexibility index (Phi) is 4.94. The molecule has 0 saturated carbocycles. The standard InChI is InChI=1S/C4H9N.C4H8O.C4H8S/c1-4-3-5(4)2;2*1-3-4(2)5-3/h4H,3H2,1-2H3;2*3-4H,1-2H3. The third-order valence-corrected chi connectivity index (χ3v) is 4.56. The molecule has 3 heteroatoms. The predicted molar refractivity (Wildman–Crippen MR) is 68.6 cm³/mol. The quantitative estimate of drug-likeness (QED) is 0.596. The molecule has 3 rings (SSSR count). The molecule has 15 heavy (non-hydrogen) atoms. The lowest BCUT2D eigenvalue weighted by Gasteiger charge is -1.75. The van der Waals surface area contributed by atoms with Crippen LogP contribution in [-0.4, -0.2) is 47.2 Å². The summed E-state index contributed by atoms with van der Waals surface area (Å²) >= 11 is 2.05. The van der Waals surface area contributed by atoms with E-state index in [1.54, 1.807) is 0 Å². The average Bonchev–Trinajstić information content (AvgIpc) is 3.05. The SMILES string of the molecule is CC1CN1C.CC1OC1C.CC1SC1C. The van der Waals surface area contributed by atoms with E-state index >= 15 is 0 Å². The lowest BCUT2D eigenvalue weighted by molar-refractivity contribution is 0.389. The van der Waals surface area contributed by atoms with Crippen LogP contribution in [0.5, 0.6) is 0 Å². The topological polar surface area (TPSA) is 15.5 Å². The van der Waals surface area contributed by atoms with Crippen LogP contribution in [0.25, 0.3) is 0 Å². The molecule has 0 radical (unpaired) electrons. The van der Waals surface area contributed by atoms with Gasteiger partial charge in [-0.25, -0.2) is 0 Å². The number of likely N-dealkylation sites (N-methyl/N-ethyl adjacent to an activating group) is 1. The molecule has 6 unspecified atom stereocenters. The van der Waals surface area contributed by atoms with Gasteiger partial charge in [-0.3, -0.25) is 0 Å². The van der Waals surface area contributed by atoms with Gasteiger partial charge in [0.15, 0.2) is 0 Å². The van der Waals surface area contributed by atoms with E-state index < -0.39 is 0 Å². The Labute approximate surface area is 98.7 Å². The fraction of sp³-hybridized carbons (Fsp3) is 1.00. The van der Waals surface area contributed by atoms with Crippen molar-refractivity contribution in [2.75, 3.05) is 13.6 Å². The minimum absolute atomic E-state index is 0.551. The van der Waals surface area contributed by atoms with Crippen molar-refractivity contribution in [3.8, 4) is 0 Å².